The second-order valence-electron chi connectivity index (χ2n) is 8.31. The van der Waals surface area contributed by atoms with Crippen LogP contribution in [-0.4, -0.2) is 21.0 Å². The summed E-state index contributed by atoms with van der Waals surface area (Å²) >= 11 is 6.41. The first-order valence-corrected chi connectivity index (χ1v) is 11.6. The van der Waals surface area contributed by atoms with Crippen molar-refractivity contribution in [1.29, 1.82) is 5.26 Å². The highest BCUT2D eigenvalue weighted by Crippen LogP contribution is 2.31. The summed E-state index contributed by atoms with van der Waals surface area (Å²) in [5, 5.41) is 24.8. The van der Waals surface area contributed by atoms with Gasteiger partial charge in [0, 0.05) is 27.1 Å². The molecule has 2 aromatic heterocycles. The molecule has 37 heavy (non-hydrogen) atoms. The minimum absolute atomic E-state index is 0.0573. The van der Waals surface area contributed by atoms with Crippen molar-refractivity contribution in [3.63, 3.8) is 0 Å². The molecule has 0 aliphatic carbocycles. The summed E-state index contributed by atoms with van der Waals surface area (Å²) in [5.41, 5.74) is 1.27. The average molecular weight is 511 g/mol. The fourth-order valence-electron chi connectivity index (χ4n) is 4.09. The number of aromatic nitrogens is 2. The lowest BCUT2D eigenvalue weighted by molar-refractivity contribution is 0.101. The van der Waals surface area contributed by atoms with Gasteiger partial charge in [-0.3, -0.25) is 9.59 Å². The summed E-state index contributed by atoms with van der Waals surface area (Å²) in [4.78, 5) is 32.4. The number of carbonyl (C=O) groups excluding carboxylic acids is 1. The number of nitriles is 1. The number of anilines is 1. The van der Waals surface area contributed by atoms with Gasteiger partial charge in [0.25, 0.3) is 11.5 Å². The Morgan fingerprint density at radius 3 is 2.68 bits per heavy atom. The number of nitrogens with one attached hydrogen (secondary N) is 2. The number of nitrogens with zero attached hydrogens (tertiary/aromatic N) is 2. The van der Waals surface area contributed by atoms with E-state index in [0.29, 0.717) is 16.8 Å². The summed E-state index contributed by atoms with van der Waals surface area (Å²) in [7, 11) is 0. The van der Waals surface area contributed by atoms with Gasteiger partial charge in [0.1, 0.15) is 23.9 Å². The fraction of sp³-hybridized carbons (Fsp3) is 0.0714. The predicted octanol–water partition coefficient (Wildman–Crippen LogP) is 5.45. The molecule has 0 fully saturated rings. The summed E-state index contributed by atoms with van der Waals surface area (Å²) in [6.45, 7) is 1.83. The van der Waals surface area contributed by atoms with Crippen LogP contribution in [0.1, 0.15) is 27.3 Å². The lowest BCUT2D eigenvalue weighted by Crippen LogP contribution is -2.20. The van der Waals surface area contributed by atoms with Crippen molar-refractivity contribution in [3.8, 4) is 17.6 Å². The zero-order valence-electron chi connectivity index (χ0n) is 19.5. The maximum Gasteiger partial charge on any atom is 0.276 e. The molecule has 0 saturated carbocycles. The number of carbonyl (C=O) groups is 1. The Morgan fingerprint density at radius 2 is 1.89 bits per heavy atom. The molecule has 9 heteroatoms. The van der Waals surface area contributed by atoms with Crippen molar-refractivity contribution in [2.75, 3.05) is 5.32 Å². The third-order valence-electron chi connectivity index (χ3n) is 5.94. The van der Waals surface area contributed by atoms with E-state index in [0.717, 1.165) is 11.1 Å². The van der Waals surface area contributed by atoms with Crippen LogP contribution in [0.15, 0.2) is 71.5 Å². The highest BCUT2D eigenvalue weighted by molar-refractivity contribution is 6.31. The number of benzene rings is 3. The van der Waals surface area contributed by atoms with Gasteiger partial charge in [0.05, 0.1) is 16.6 Å². The van der Waals surface area contributed by atoms with Gasteiger partial charge in [-0.05, 0) is 37.3 Å². The number of para-hydroxylation sites is 1. The lowest BCUT2D eigenvalue weighted by atomic mass is 10.1. The predicted molar refractivity (Wildman–Crippen MR) is 141 cm³/mol. The van der Waals surface area contributed by atoms with Gasteiger partial charge in [0.15, 0.2) is 11.4 Å². The number of rotatable bonds is 5. The Balaban J connectivity index is 1.47. The molecule has 0 atom stereocenters. The molecule has 0 aliphatic heterocycles. The van der Waals surface area contributed by atoms with Gasteiger partial charge in [-0.15, -0.1) is 0 Å². The maximum absolute atomic E-state index is 13.0. The Kier molecular flexibility index (Phi) is 6.22. The molecule has 0 spiro atoms. The molecule has 0 bridgehead atoms. The Bertz CT molecular complexity index is 1810. The van der Waals surface area contributed by atoms with Crippen molar-refractivity contribution in [2.24, 2.45) is 0 Å². The van der Waals surface area contributed by atoms with E-state index in [1.807, 2.05) is 31.2 Å². The fourth-order valence-corrected chi connectivity index (χ4v) is 4.30. The maximum atomic E-state index is 13.0. The number of hydrogen-bond acceptors (Lipinski definition) is 6. The van der Waals surface area contributed by atoms with E-state index in [2.05, 4.69) is 21.4 Å². The average Bonchev–Trinajstić information content (AvgIpc) is 2.90. The number of aromatic hydroxyl groups is 1. The number of hydrogen-bond donors (Lipinski definition) is 3. The third kappa shape index (κ3) is 4.44. The van der Waals surface area contributed by atoms with Gasteiger partial charge in [-0.2, -0.15) is 5.26 Å². The quantitative estimate of drug-likeness (QED) is 0.288. The van der Waals surface area contributed by atoms with Gasteiger partial charge in [-0.1, -0.05) is 48.0 Å². The highest BCUT2D eigenvalue weighted by atomic mass is 35.5. The van der Waals surface area contributed by atoms with Crippen LogP contribution < -0.4 is 15.6 Å². The van der Waals surface area contributed by atoms with Gasteiger partial charge < -0.3 is 20.1 Å². The number of fused-ring (bicyclic) bond motifs is 2. The Hall–Kier alpha value is -4.87. The van der Waals surface area contributed by atoms with Gasteiger partial charge >= 0.3 is 0 Å². The molecule has 3 N–H and O–H groups in total. The van der Waals surface area contributed by atoms with Gasteiger partial charge in [-0.25, -0.2) is 4.98 Å². The topological polar surface area (TPSA) is 128 Å². The van der Waals surface area contributed by atoms with Crippen molar-refractivity contribution in [1.82, 2.24) is 9.97 Å². The van der Waals surface area contributed by atoms with Crippen molar-refractivity contribution in [3.05, 3.63) is 105 Å². The number of pyridine rings is 2. The first-order valence-electron chi connectivity index (χ1n) is 11.2. The second kappa shape index (κ2) is 9.64. The molecule has 0 saturated heterocycles. The lowest BCUT2D eigenvalue weighted by Gasteiger charge is -2.15. The molecule has 0 radical (unpaired) electrons. The number of aromatic amines is 1. The van der Waals surface area contributed by atoms with Crippen LogP contribution in [0, 0.1) is 18.3 Å². The molecule has 1 amide bonds. The van der Waals surface area contributed by atoms with E-state index >= 15 is 0 Å². The molecule has 0 aliphatic rings. The van der Waals surface area contributed by atoms with Crippen LogP contribution in [0.3, 0.4) is 0 Å². The minimum Gasteiger partial charge on any atom is -0.505 e. The Morgan fingerprint density at radius 1 is 1.11 bits per heavy atom. The second-order valence-corrected chi connectivity index (χ2v) is 8.71. The van der Waals surface area contributed by atoms with Gasteiger partial charge in [0.2, 0.25) is 0 Å². The standard InChI is InChI=1S/C28H19ClN4O4/c1-15-9-10-16-5-4-8-23(24(16)31-15)37-14-20-19(13-30)22(12-11-21(20)29)32-28(36)25-26(34)17-6-2-3-7-18(17)27(35)33-25/h2-12,34H,14H2,1H3,(H,32,36)(H,33,35). The molecule has 8 nitrogen and oxygen atoms in total. The van der Waals surface area contributed by atoms with E-state index in [-0.39, 0.29) is 45.1 Å². The smallest absolute Gasteiger partial charge is 0.276 e. The summed E-state index contributed by atoms with van der Waals surface area (Å²) in [6, 6.07) is 20.9. The van der Waals surface area contributed by atoms with E-state index in [1.165, 1.54) is 12.1 Å². The van der Waals surface area contributed by atoms with E-state index in [9.17, 15) is 20.0 Å². The minimum atomic E-state index is -0.792. The van der Waals surface area contributed by atoms with E-state index in [4.69, 9.17) is 16.3 Å². The first-order chi connectivity index (χ1) is 17.9. The largest absolute Gasteiger partial charge is 0.505 e. The molecular weight excluding hydrogens is 492 g/mol. The molecule has 5 rings (SSSR count). The van der Waals surface area contributed by atoms with Crippen LogP contribution in [0.5, 0.6) is 11.5 Å². The van der Waals surface area contributed by atoms with Crippen molar-refractivity contribution >= 4 is 44.9 Å². The molecule has 0 unspecified atom stereocenters. The number of H-pyrrole nitrogens is 1. The SMILES string of the molecule is Cc1ccc2cccc(OCc3c(Cl)ccc(NC(=O)c4[nH]c(=O)c5ccccc5c4O)c3C#N)c2n1. The molecule has 5 aromatic rings. The number of ether oxygens (including phenoxy) is 1. The molecule has 2 heterocycles. The van der Waals surface area contributed by atoms with Crippen molar-refractivity contribution < 1.29 is 14.6 Å². The van der Waals surface area contributed by atoms with Crippen LogP contribution in [0.2, 0.25) is 5.02 Å². The van der Waals surface area contributed by atoms with Crippen LogP contribution >= 0.6 is 11.6 Å². The Labute approximate surface area is 215 Å². The normalized spacial score (nSPS) is 10.8. The zero-order chi connectivity index (χ0) is 26.1. The summed E-state index contributed by atoms with van der Waals surface area (Å²) < 4.78 is 6.01. The zero-order valence-corrected chi connectivity index (χ0v) is 20.3. The van der Waals surface area contributed by atoms with Crippen LogP contribution in [0.4, 0.5) is 5.69 Å². The molecule has 182 valence electrons. The first kappa shape index (κ1) is 23.9. The molecular formula is C28H19ClN4O4. The summed E-state index contributed by atoms with van der Waals surface area (Å²) in [6.07, 6.45) is 0. The van der Waals surface area contributed by atoms with E-state index < -0.39 is 11.5 Å². The summed E-state index contributed by atoms with van der Waals surface area (Å²) in [5.74, 6) is -0.642. The molecule has 3 aromatic carbocycles. The number of amides is 1. The monoisotopic (exact) mass is 510 g/mol. The number of halogens is 1. The third-order valence-corrected chi connectivity index (χ3v) is 6.29. The highest BCUT2D eigenvalue weighted by Gasteiger charge is 2.20. The van der Waals surface area contributed by atoms with Crippen LogP contribution in [-0.2, 0) is 6.61 Å². The van der Waals surface area contributed by atoms with Crippen LogP contribution in [0.25, 0.3) is 21.7 Å². The number of aryl methyl sites for hydroxylation is 1. The van der Waals surface area contributed by atoms with Crippen molar-refractivity contribution in [2.45, 2.75) is 13.5 Å². The van der Waals surface area contributed by atoms with E-state index in [1.54, 1.807) is 30.3 Å².